The Morgan fingerprint density at radius 1 is 1.56 bits per heavy atom. The smallest absolute Gasteiger partial charge is 0.0965 e. The molecule has 88 valence electrons. The highest BCUT2D eigenvalue weighted by atomic mass is 35.5. The third-order valence-electron chi connectivity index (χ3n) is 2.75. The molecule has 0 radical (unpaired) electrons. The first-order valence-electron chi connectivity index (χ1n) is 5.35. The van der Waals surface area contributed by atoms with Gasteiger partial charge in [0.1, 0.15) is 0 Å². The molecule has 2 unspecified atom stereocenters. The summed E-state index contributed by atoms with van der Waals surface area (Å²) in [4.78, 5) is 4.19. The summed E-state index contributed by atoms with van der Waals surface area (Å²) in [6.45, 7) is 0.0899. The summed E-state index contributed by atoms with van der Waals surface area (Å²) in [5.41, 5.74) is 6.08. The van der Waals surface area contributed by atoms with E-state index in [-0.39, 0.29) is 17.9 Å². The summed E-state index contributed by atoms with van der Waals surface area (Å²) in [5, 5.41) is 10.8. The minimum absolute atomic E-state index is 0.0289. The van der Waals surface area contributed by atoms with Crippen molar-refractivity contribution in [2.45, 2.75) is 29.2 Å². The fourth-order valence-electron chi connectivity index (χ4n) is 1.61. The number of aliphatic hydroxyl groups excluding tert-OH is 1. The largest absolute Gasteiger partial charge is 0.395 e. The van der Waals surface area contributed by atoms with Crippen molar-refractivity contribution < 1.29 is 5.11 Å². The minimum Gasteiger partial charge on any atom is -0.395 e. The number of hydrogen-bond acceptors (Lipinski definition) is 4. The van der Waals surface area contributed by atoms with Crippen molar-refractivity contribution in [1.29, 1.82) is 0 Å². The van der Waals surface area contributed by atoms with Gasteiger partial charge in [0.15, 0.2) is 0 Å². The van der Waals surface area contributed by atoms with E-state index in [1.165, 1.54) is 24.6 Å². The predicted octanol–water partition coefficient (Wildman–Crippen LogP) is 1.93. The van der Waals surface area contributed by atoms with E-state index in [0.717, 1.165) is 5.03 Å². The van der Waals surface area contributed by atoms with Crippen LogP contribution < -0.4 is 5.73 Å². The molecular weight excluding hydrogens is 244 g/mol. The van der Waals surface area contributed by atoms with Crippen LogP contribution >= 0.6 is 23.4 Å². The minimum atomic E-state index is 0.0289. The molecular formula is C11H15ClN2OS. The van der Waals surface area contributed by atoms with E-state index in [9.17, 15) is 5.11 Å². The molecule has 1 aromatic rings. The average Bonchev–Trinajstić information content (AvgIpc) is 3.11. The van der Waals surface area contributed by atoms with Crippen molar-refractivity contribution in [3.63, 3.8) is 0 Å². The van der Waals surface area contributed by atoms with Gasteiger partial charge in [-0.3, -0.25) is 0 Å². The van der Waals surface area contributed by atoms with Crippen LogP contribution in [0.4, 0.5) is 0 Å². The average molecular weight is 259 g/mol. The molecule has 1 aromatic heterocycles. The number of thioether (sulfide) groups is 1. The number of hydrogen-bond donors (Lipinski definition) is 2. The third kappa shape index (κ3) is 3.10. The van der Waals surface area contributed by atoms with E-state index in [1.54, 1.807) is 12.3 Å². The Hall–Kier alpha value is -0.290. The van der Waals surface area contributed by atoms with E-state index < -0.39 is 0 Å². The van der Waals surface area contributed by atoms with Gasteiger partial charge in [-0.1, -0.05) is 23.4 Å². The maximum absolute atomic E-state index is 9.33. The summed E-state index contributed by atoms with van der Waals surface area (Å²) in [6, 6.07) is 3.72. The zero-order valence-electron chi connectivity index (χ0n) is 8.84. The van der Waals surface area contributed by atoms with Gasteiger partial charge in [0.05, 0.1) is 16.7 Å². The van der Waals surface area contributed by atoms with Crippen LogP contribution in [-0.4, -0.2) is 28.0 Å². The fraction of sp³-hybridized carbons (Fsp3) is 0.545. The number of aliphatic hydroxyl groups is 1. The van der Waals surface area contributed by atoms with Crippen molar-refractivity contribution in [3.05, 3.63) is 23.4 Å². The van der Waals surface area contributed by atoms with Gasteiger partial charge >= 0.3 is 0 Å². The SMILES string of the molecule is NC(C1CC1)C(CO)Sc1ccc(Cl)cn1. The van der Waals surface area contributed by atoms with Crippen LogP contribution in [0, 0.1) is 5.92 Å². The second-order valence-corrected chi connectivity index (χ2v) is 5.76. The first-order chi connectivity index (χ1) is 7.70. The lowest BCUT2D eigenvalue weighted by Crippen LogP contribution is -2.36. The molecule has 2 rings (SSSR count). The van der Waals surface area contributed by atoms with Crippen molar-refractivity contribution in [2.75, 3.05) is 6.61 Å². The van der Waals surface area contributed by atoms with E-state index >= 15 is 0 Å². The van der Waals surface area contributed by atoms with Crippen LogP contribution in [0.3, 0.4) is 0 Å². The molecule has 0 aromatic carbocycles. The van der Waals surface area contributed by atoms with Gasteiger partial charge in [-0.25, -0.2) is 4.98 Å². The second-order valence-electron chi connectivity index (χ2n) is 4.07. The number of pyridine rings is 1. The van der Waals surface area contributed by atoms with E-state index in [2.05, 4.69) is 4.98 Å². The lowest BCUT2D eigenvalue weighted by Gasteiger charge is -2.20. The molecule has 5 heteroatoms. The van der Waals surface area contributed by atoms with Gasteiger partial charge < -0.3 is 10.8 Å². The van der Waals surface area contributed by atoms with Gasteiger partial charge in [0.25, 0.3) is 0 Å². The van der Waals surface area contributed by atoms with Gasteiger partial charge in [-0.15, -0.1) is 0 Å². The summed E-state index contributed by atoms with van der Waals surface area (Å²) >= 11 is 7.29. The molecule has 16 heavy (non-hydrogen) atoms. The van der Waals surface area contributed by atoms with Crippen LogP contribution in [0.25, 0.3) is 0 Å². The van der Waals surface area contributed by atoms with Crippen molar-refractivity contribution in [3.8, 4) is 0 Å². The summed E-state index contributed by atoms with van der Waals surface area (Å²) in [5.74, 6) is 0.581. The Kier molecular flexibility index (Phi) is 4.08. The van der Waals surface area contributed by atoms with Crippen molar-refractivity contribution in [1.82, 2.24) is 4.98 Å². The molecule has 1 fully saturated rings. The Balaban J connectivity index is 1.97. The summed E-state index contributed by atoms with van der Waals surface area (Å²) in [6.07, 6.45) is 3.99. The second kappa shape index (κ2) is 5.36. The summed E-state index contributed by atoms with van der Waals surface area (Å²) < 4.78 is 0. The van der Waals surface area contributed by atoms with Crippen molar-refractivity contribution in [2.24, 2.45) is 11.7 Å². The maximum Gasteiger partial charge on any atom is 0.0965 e. The first-order valence-corrected chi connectivity index (χ1v) is 6.61. The molecule has 2 atom stereocenters. The van der Waals surface area contributed by atoms with Crippen molar-refractivity contribution >= 4 is 23.4 Å². The highest BCUT2D eigenvalue weighted by molar-refractivity contribution is 8.00. The van der Waals surface area contributed by atoms with Gasteiger partial charge in [-0.05, 0) is 30.9 Å². The predicted molar refractivity (Wildman–Crippen MR) is 66.7 cm³/mol. The number of nitrogens with two attached hydrogens (primary N) is 1. The molecule has 3 nitrogen and oxygen atoms in total. The first kappa shape index (κ1) is 12.2. The molecule has 0 amide bonds. The molecule has 0 spiro atoms. The van der Waals surface area contributed by atoms with Gasteiger partial charge in [0, 0.05) is 17.5 Å². The summed E-state index contributed by atoms with van der Waals surface area (Å²) in [7, 11) is 0. The van der Waals surface area contributed by atoms with Crippen LogP contribution in [0.1, 0.15) is 12.8 Å². The molecule has 1 aliphatic carbocycles. The van der Waals surface area contributed by atoms with E-state index in [1.807, 2.05) is 6.07 Å². The maximum atomic E-state index is 9.33. The highest BCUT2D eigenvalue weighted by Gasteiger charge is 2.34. The molecule has 0 aliphatic heterocycles. The van der Waals surface area contributed by atoms with E-state index in [0.29, 0.717) is 10.9 Å². The zero-order chi connectivity index (χ0) is 11.5. The molecule has 3 N–H and O–H groups in total. The van der Waals surface area contributed by atoms with Crippen LogP contribution in [-0.2, 0) is 0 Å². The number of rotatable bonds is 5. The van der Waals surface area contributed by atoms with Gasteiger partial charge in [0.2, 0.25) is 0 Å². The third-order valence-corrected chi connectivity index (χ3v) is 4.22. The van der Waals surface area contributed by atoms with Crippen LogP contribution in [0.5, 0.6) is 0 Å². The zero-order valence-corrected chi connectivity index (χ0v) is 10.4. The Morgan fingerprint density at radius 2 is 2.31 bits per heavy atom. The van der Waals surface area contributed by atoms with Gasteiger partial charge in [-0.2, -0.15) is 0 Å². The highest BCUT2D eigenvalue weighted by Crippen LogP contribution is 2.37. The molecule has 1 heterocycles. The molecule has 0 bridgehead atoms. The lowest BCUT2D eigenvalue weighted by atomic mass is 10.1. The topological polar surface area (TPSA) is 59.1 Å². The fourth-order valence-corrected chi connectivity index (χ4v) is 2.75. The Morgan fingerprint density at radius 3 is 2.81 bits per heavy atom. The Labute approximate surface area is 104 Å². The quantitative estimate of drug-likeness (QED) is 0.793. The normalized spacial score (nSPS) is 19.4. The molecule has 1 aliphatic rings. The molecule has 1 saturated carbocycles. The standard InChI is InChI=1S/C11H15ClN2OS/c12-8-3-4-10(14-5-8)16-9(6-15)11(13)7-1-2-7/h3-5,7,9,11,15H,1-2,6,13H2. The van der Waals surface area contributed by atoms with Crippen LogP contribution in [0.15, 0.2) is 23.4 Å². The van der Waals surface area contributed by atoms with E-state index in [4.69, 9.17) is 17.3 Å². The number of halogens is 1. The molecule has 0 saturated heterocycles. The number of aromatic nitrogens is 1. The Bertz CT molecular complexity index is 342. The van der Waals surface area contributed by atoms with Crippen LogP contribution in [0.2, 0.25) is 5.02 Å². The monoisotopic (exact) mass is 258 g/mol. The number of nitrogens with zero attached hydrogens (tertiary/aromatic N) is 1. The lowest BCUT2D eigenvalue weighted by molar-refractivity contribution is 0.277.